The minimum absolute atomic E-state index is 0.0213. The van der Waals surface area contributed by atoms with Crippen molar-refractivity contribution >= 4 is 63.2 Å². The van der Waals surface area contributed by atoms with Gasteiger partial charge in [0.2, 0.25) is 0 Å². The molecule has 0 radical (unpaired) electrons. The summed E-state index contributed by atoms with van der Waals surface area (Å²) in [6.45, 7) is 0. The predicted octanol–water partition coefficient (Wildman–Crippen LogP) is 8.02. The molecule has 0 amide bonds. The maximum atomic E-state index is 13.3. The Bertz CT molecular complexity index is 1350. The average Bonchev–Trinajstić information content (AvgIpc) is 3.10. The van der Waals surface area contributed by atoms with Gasteiger partial charge in [-0.25, -0.2) is 0 Å². The molecule has 1 heterocycles. The lowest BCUT2D eigenvalue weighted by Crippen LogP contribution is -2.14. The summed E-state index contributed by atoms with van der Waals surface area (Å²) in [5.74, 6) is -0.672. The van der Waals surface area contributed by atoms with Crippen molar-refractivity contribution in [3.05, 3.63) is 85.8 Å². The molecule has 3 aromatic carbocycles. The van der Waals surface area contributed by atoms with Crippen LogP contribution in [0.15, 0.2) is 54.6 Å². The molecular formula is C21H9Cl4F3N2O. The molecule has 0 bridgehead atoms. The van der Waals surface area contributed by atoms with Gasteiger partial charge in [-0.1, -0.05) is 52.5 Å². The number of alkyl halides is 3. The number of halogens is 7. The second-order valence-electron chi connectivity index (χ2n) is 6.55. The number of aromatic nitrogens is 2. The van der Waals surface area contributed by atoms with Gasteiger partial charge >= 0.3 is 6.18 Å². The fraction of sp³-hybridized carbons (Fsp3) is 0.0476. The van der Waals surface area contributed by atoms with Gasteiger partial charge in [0, 0.05) is 16.5 Å². The van der Waals surface area contributed by atoms with Crippen molar-refractivity contribution in [3.8, 4) is 11.3 Å². The van der Waals surface area contributed by atoms with Gasteiger partial charge in [-0.05, 0) is 48.5 Å². The van der Waals surface area contributed by atoms with E-state index in [1.54, 1.807) is 6.07 Å². The summed E-state index contributed by atoms with van der Waals surface area (Å²) >= 11 is 23.9. The van der Waals surface area contributed by atoms with E-state index in [1.165, 1.54) is 36.4 Å². The van der Waals surface area contributed by atoms with Gasteiger partial charge in [0.05, 0.1) is 31.2 Å². The van der Waals surface area contributed by atoms with E-state index >= 15 is 0 Å². The van der Waals surface area contributed by atoms with Gasteiger partial charge in [-0.15, -0.1) is 0 Å². The summed E-state index contributed by atoms with van der Waals surface area (Å²) in [4.78, 5) is 13.1. The Morgan fingerprint density at radius 3 is 2.06 bits per heavy atom. The Labute approximate surface area is 193 Å². The lowest BCUT2D eigenvalue weighted by molar-refractivity contribution is -0.137. The number of rotatable bonds is 2. The van der Waals surface area contributed by atoms with Crippen molar-refractivity contribution in [2.75, 3.05) is 0 Å². The summed E-state index contributed by atoms with van der Waals surface area (Å²) in [5, 5.41) is 5.55. The molecule has 0 aliphatic heterocycles. The third-order valence-corrected chi connectivity index (χ3v) is 6.04. The molecule has 0 atom stereocenters. The third-order valence-electron chi connectivity index (χ3n) is 4.56. The van der Waals surface area contributed by atoms with Gasteiger partial charge in [-0.3, -0.25) is 4.79 Å². The van der Waals surface area contributed by atoms with Gasteiger partial charge < -0.3 is 0 Å². The lowest BCUT2D eigenvalue weighted by Gasteiger charge is -2.08. The van der Waals surface area contributed by atoms with Crippen LogP contribution in [0.25, 0.3) is 22.2 Å². The first-order valence-corrected chi connectivity index (χ1v) is 10.1. The molecule has 31 heavy (non-hydrogen) atoms. The topological polar surface area (TPSA) is 34.9 Å². The van der Waals surface area contributed by atoms with Crippen LogP contribution in [-0.2, 0) is 6.18 Å². The number of carbonyl (C=O) groups is 1. The van der Waals surface area contributed by atoms with Crippen LogP contribution >= 0.6 is 46.4 Å². The summed E-state index contributed by atoms with van der Waals surface area (Å²) in [6.07, 6.45) is -4.60. The van der Waals surface area contributed by atoms with Crippen molar-refractivity contribution in [3.63, 3.8) is 0 Å². The monoisotopic (exact) mass is 502 g/mol. The lowest BCUT2D eigenvalue weighted by atomic mass is 10.1. The molecule has 1 aromatic heterocycles. The zero-order valence-electron chi connectivity index (χ0n) is 15.1. The molecule has 4 rings (SSSR count). The standard InChI is InChI=1S/C21H9Cl4F3N2O/c22-14-5-1-10(7-16(14)24)19-13-4-3-12(21(26,27)28)9-18(13)30(29-19)20(31)11-2-6-15(23)17(25)8-11/h1-9H. The molecular weight excluding hydrogens is 495 g/mol. The summed E-state index contributed by atoms with van der Waals surface area (Å²) in [7, 11) is 0. The number of nitrogens with zero attached hydrogens (tertiary/aromatic N) is 2. The highest BCUT2D eigenvalue weighted by molar-refractivity contribution is 6.42. The molecule has 4 aromatic rings. The summed E-state index contributed by atoms with van der Waals surface area (Å²) in [6, 6.07) is 11.9. The zero-order valence-corrected chi connectivity index (χ0v) is 18.2. The molecule has 0 aliphatic carbocycles. The Balaban J connectivity index is 1.97. The van der Waals surface area contributed by atoms with Crippen molar-refractivity contribution in [1.29, 1.82) is 0 Å². The molecule has 0 unspecified atom stereocenters. The first kappa shape index (κ1) is 22.0. The maximum absolute atomic E-state index is 13.3. The SMILES string of the molecule is O=C(c1ccc(Cl)c(Cl)c1)n1nc(-c2ccc(Cl)c(Cl)c2)c2ccc(C(F)(F)F)cc21. The Morgan fingerprint density at radius 1 is 0.806 bits per heavy atom. The number of hydrogen-bond donors (Lipinski definition) is 0. The van der Waals surface area contributed by atoms with E-state index < -0.39 is 17.6 Å². The number of carbonyl (C=O) groups excluding carboxylic acids is 1. The van der Waals surface area contributed by atoms with E-state index in [9.17, 15) is 18.0 Å². The number of hydrogen-bond acceptors (Lipinski definition) is 2. The number of fused-ring (bicyclic) bond motifs is 1. The average molecular weight is 504 g/mol. The summed E-state index contributed by atoms with van der Waals surface area (Å²) < 4.78 is 40.9. The fourth-order valence-electron chi connectivity index (χ4n) is 3.05. The Morgan fingerprint density at radius 2 is 1.45 bits per heavy atom. The second-order valence-corrected chi connectivity index (χ2v) is 8.18. The van der Waals surface area contributed by atoms with E-state index in [-0.39, 0.29) is 31.8 Å². The highest BCUT2D eigenvalue weighted by Gasteiger charge is 2.32. The van der Waals surface area contributed by atoms with Crippen molar-refractivity contribution in [2.45, 2.75) is 6.18 Å². The highest BCUT2D eigenvalue weighted by atomic mass is 35.5. The van der Waals surface area contributed by atoms with Crippen LogP contribution < -0.4 is 0 Å². The Hall–Kier alpha value is -2.25. The van der Waals surface area contributed by atoms with E-state index in [0.29, 0.717) is 16.0 Å². The van der Waals surface area contributed by atoms with Crippen LogP contribution in [0, 0.1) is 0 Å². The van der Waals surface area contributed by atoms with Gasteiger partial charge in [0.15, 0.2) is 0 Å². The second kappa shape index (κ2) is 8.02. The molecule has 0 spiro atoms. The van der Waals surface area contributed by atoms with Crippen molar-refractivity contribution in [1.82, 2.24) is 9.78 Å². The molecule has 0 fully saturated rings. The highest BCUT2D eigenvalue weighted by Crippen LogP contribution is 2.36. The van der Waals surface area contributed by atoms with Gasteiger partial charge in [0.1, 0.15) is 5.69 Å². The van der Waals surface area contributed by atoms with E-state index in [2.05, 4.69) is 5.10 Å². The first-order chi connectivity index (χ1) is 14.6. The molecule has 0 saturated carbocycles. The molecule has 10 heteroatoms. The van der Waals surface area contributed by atoms with Crippen LogP contribution in [-0.4, -0.2) is 15.7 Å². The minimum atomic E-state index is -4.60. The maximum Gasteiger partial charge on any atom is 0.416 e. The van der Waals surface area contributed by atoms with E-state index in [0.717, 1.165) is 16.8 Å². The van der Waals surface area contributed by atoms with Crippen LogP contribution in [0.5, 0.6) is 0 Å². The smallest absolute Gasteiger partial charge is 0.267 e. The van der Waals surface area contributed by atoms with E-state index in [1.807, 2.05) is 0 Å². The first-order valence-electron chi connectivity index (χ1n) is 8.61. The van der Waals surface area contributed by atoms with Gasteiger partial charge in [0.25, 0.3) is 5.91 Å². The summed E-state index contributed by atoms with van der Waals surface area (Å²) in [5.41, 5.74) is -0.0665. The van der Waals surface area contributed by atoms with Crippen LogP contribution in [0.3, 0.4) is 0 Å². The van der Waals surface area contributed by atoms with Crippen LogP contribution in [0.2, 0.25) is 20.1 Å². The van der Waals surface area contributed by atoms with Crippen molar-refractivity contribution in [2.24, 2.45) is 0 Å². The van der Waals surface area contributed by atoms with E-state index in [4.69, 9.17) is 46.4 Å². The molecule has 0 aliphatic rings. The Kier molecular flexibility index (Phi) is 5.68. The minimum Gasteiger partial charge on any atom is -0.267 e. The fourth-order valence-corrected chi connectivity index (χ4v) is 3.65. The van der Waals surface area contributed by atoms with Crippen LogP contribution in [0.4, 0.5) is 13.2 Å². The quantitative estimate of drug-likeness (QED) is 0.277. The normalized spacial score (nSPS) is 11.8. The number of benzene rings is 3. The zero-order chi connectivity index (χ0) is 22.5. The molecule has 0 N–H and O–H groups in total. The largest absolute Gasteiger partial charge is 0.416 e. The van der Waals surface area contributed by atoms with Crippen LogP contribution in [0.1, 0.15) is 15.9 Å². The molecule has 158 valence electrons. The molecule has 3 nitrogen and oxygen atoms in total. The third kappa shape index (κ3) is 4.13. The molecule has 0 saturated heterocycles. The predicted molar refractivity (Wildman–Crippen MR) is 116 cm³/mol. The van der Waals surface area contributed by atoms with Gasteiger partial charge in [-0.2, -0.15) is 23.0 Å². The van der Waals surface area contributed by atoms with Crippen molar-refractivity contribution < 1.29 is 18.0 Å².